The van der Waals surface area contributed by atoms with Crippen molar-refractivity contribution in [2.45, 2.75) is 38.1 Å². The molecule has 30 heavy (non-hydrogen) atoms. The van der Waals surface area contributed by atoms with E-state index in [1.165, 1.54) is 23.5 Å². The van der Waals surface area contributed by atoms with Crippen molar-refractivity contribution in [2.24, 2.45) is 4.99 Å². The minimum atomic E-state index is -3.69. The van der Waals surface area contributed by atoms with Crippen LogP contribution in [-0.4, -0.2) is 31.3 Å². The summed E-state index contributed by atoms with van der Waals surface area (Å²) in [4.78, 5) is 17.2. The standard InChI is InChI=1S/C21H23FN2O4S2/c1-3-13-24-20-17(28-4-2)6-5-7-18(20)29-21(24)23-19(25)12-14-30(26,27)16-10-8-15(22)9-11-16/h5-11H,3-4,12-14H2,1-2H3. The van der Waals surface area contributed by atoms with E-state index < -0.39 is 21.6 Å². The number of ether oxygens (including phenoxy) is 1. The summed E-state index contributed by atoms with van der Waals surface area (Å²) < 4.78 is 46.4. The number of aromatic nitrogens is 1. The van der Waals surface area contributed by atoms with Gasteiger partial charge in [-0.05, 0) is 49.7 Å². The van der Waals surface area contributed by atoms with Crippen molar-refractivity contribution in [1.82, 2.24) is 4.57 Å². The van der Waals surface area contributed by atoms with Crippen molar-refractivity contribution in [3.8, 4) is 5.75 Å². The van der Waals surface area contributed by atoms with Crippen LogP contribution in [-0.2, 0) is 21.2 Å². The van der Waals surface area contributed by atoms with Crippen LogP contribution in [0.15, 0.2) is 52.4 Å². The summed E-state index contributed by atoms with van der Waals surface area (Å²) in [5, 5.41) is 0. The van der Waals surface area contributed by atoms with Gasteiger partial charge in [-0.25, -0.2) is 12.8 Å². The van der Waals surface area contributed by atoms with E-state index in [4.69, 9.17) is 4.74 Å². The second-order valence-corrected chi connectivity index (χ2v) is 9.72. The maximum Gasteiger partial charge on any atom is 0.249 e. The van der Waals surface area contributed by atoms with Gasteiger partial charge in [0.1, 0.15) is 17.1 Å². The first kappa shape index (κ1) is 22.2. The summed E-state index contributed by atoms with van der Waals surface area (Å²) in [6, 6.07) is 10.3. The lowest BCUT2D eigenvalue weighted by Crippen LogP contribution is -2.18. The highest BCUT2D eigenvalue weighted by molar-refractivity contribution is 7.91. The lowest BCUT2D eigenvalue weighted by Gasteiger charge is -2.08. The Hall–Kier alpha value is -2.52. The lowest BCUT2D eigenvalue weighted by atomic mass is 10.3. The Balaban J connectivity index is 1.88. The number of carbonyl (C=O) groups is 1. The number of thiazole rings is 1. The van der Waals surface area contributed by atoms with Crippen LogP contribution in [0.1, 0.15) is 26.7 Å². The zero-order chi connectivity index (χ0) is 21.7. The van der Waals surface area contributed by atoms with Crippen molar-refractivity contribution in [1.29, 1.82) is 0 Å². The molecule has 0 unspecified atom stereocenters. The van der Waals surface area contributed by atoms with E-state index in [0.717, 1.165) is 34.5 Å². The molecule has 1 aromatic heterocycles. The molecular formula is C21H23FN2O4S2. The van der Waals surface area contributed by atoms with Crippen molar-refractivity contribution < 1.29 is 22.3 Å². The van der Waals surface area contributed by atoms with Crippen molar-refractivity contribution in [2.75, 3.05) is 12.4 Å². The molecule has 3 aromatic rings. The Morgan fingerprint density at radius 1 is 1.17 bits per heavy atom. The highest BCUT2D eigenvalue weighted by atomic mass is 32.2. The fraction of sp³-hybridized carbons (Fsp3) is 0.333. The van der Waals surface area contributed by atoms with Gasteiger partial charge < -0.3 is 9.30 Å². The number of rotatable bonds is 8. The summed E-state index contributed by atoms with van der Waals surface area (Å²) in [5.41, 5.74) is 0.886. The molecule has 0 atom stereocenters. The monoisotopic (exact) mass is 450 g/mol. The van der Waals surface area contributed by atoms with Crippen LogP contribution in [0.2, 0.25) is 0 Å². The number of halogens is 1. The summed E-state index contributed by atoms with van der Waals surface area (Å²) in [5.74, 6) is -0.691. The molecule has 0 radical (unpaired) electrons. The zero-order valence-electron chi connectivity index (χ0n) is 16.8. The Bertz CT molecular complexity index is 1210. The van der Waals surface area contributed by atoms with E-state index in [1.807, 2.05) is 36.6 Å². The summed E-state index contributed by atoms with van der Waals surface area (Å²) in [7, 11) is -3.69. The molecular weight excluding hydrogens is 427 g/mol. The van der Waals surface area contributed by atoms with Gasteiger partial charge in [-0.3, -0.25) is 4.79 Å². The fourth-order valence-electron chi connectivity index (χ4n) is 3.03. The van der Waals surface area contributed by atoms with E-state index >= 15 is 0 Å². The van der Waals surface area contributed by atoms with Crippen molar-refractivity contribution in [3.05, 3.63) is 53.1 Å². The highest BCUT2D eigenvalue weighted by Crippen LogP contribution is 2.27. The second-order valence-electron chi connectivity index (χ2n) is 6.60. The number of amides is 1. The Morgan fingerprint density at radius 2 is 1.90 bits per heavy atom. The molecule has 1 amide bonds. The molecule has 2 aromatic carbocycles. The number of hydrogen-bond acceptors (Lipinski definition) is 5. The Kier molecular flexibility index (Phi) is 7.04. The minimum absolute atomic E-state index is 0.0130. The van der Waals surface area contributed by atoms with Gasteiger partial charge in [0.2, 0.25) is 5.91 Å². The van der Waals surface area contributed by atoms with Gasteiger partial charge in [0.25, 0.3) is 0 Å². The topological polar surface area (TPSA) is 77.7 Å². The molecule has 6 nitrogen and oxygen atoms in total. The first-order chi connectivity index (χ1) is 14.4. The average Bonchev–Trinajstić information content (AvgIpc) is 3.05. The largest absolute Gasteiger partial charge is 0.492 e. The van der Waals surface area contributed by atoms with E-state index in [0.29, 0.717) is 18.0 Å². The normalized spacial score (nSPS) is 12.4. The SMILES string of the molecule is CCCn1c(=NC(=O)CCS(=O)(=O)c2ccc(F)cc2)sc2cccc(OCC)c21. The molecule has 1 heterocycles. The zero-order valence-corrected chi connectivity index (χ0v) is 18.4. The molecule has 0 N–H and O–H groups in total. The van der Waals surface area contributed by atoms with Crippen molar-refractivity contribution in [3.63, 3.8) is 0 Å². The molecule has 9 heteroatoms. The van der Waals surface area contributed by atoms with Gasteiger partial charge in [-0.1, -0.05) is 24.3 Å². The number of sulfone groups is 1. The molecule has 0 aliphatic heterocycles. The van der Waals surface area contributed by atoms with E-state index in [1.54, 1.807) is 0 Å². The van der Waals surface area contributed by atoms with Gasteiger partial charge in [-0.2, -0.15) is 4.99 Å². The second kappa shape index (κ2) is 9.53. The van der Waals surface area contributed by atoms with Crippen LogP contribution < -0.4 is 9.54 Å². The predicted molar refractivity (Wildman–Crippen MR) is 115 cm³/mol. The number of carbonyl (C=O) groups excluding carboxylic acids is 1. The van der Waals surface area contributed by atoms with Crippen LogP contribution in [0.25, 0.3) is 10.2 Å². The quantitative estimate of drug-likeness (QED) is 0.487. The van der Waals surface area contributed by atoms with E-state index in [-0.39, 0.29) is 17.1 Å². The Labute approximate surface area is 178 Å². The lowest BCUT2D eigenvalue weighted by molar-refractivity contribution is -0.117. The third kappa shape index (κ3) is 4.96. The van der Waals surface area contributed by atoms with E-state index in [9.17, 15) is 17.6 Å². The summed E-state index contributed by atoms with van der Waals surface area (Å²) in [6.45, 7) is 5.12. The molecule has 0 saturated carbocycles. The van der Waals surface area contributed by atoms with Crippen LogP contribution in [0.4, 0.5) is 4.39 Å². The molecule has 0 aliphatic rings. The smallest absolute Gasteiger partial charge is 0.249 e. The number of para-hydroxylation sites is 1. The van der Waals surface area contributed by atoms with Crippen LogP contribution >= 0.6 is 11.3 Å². The first-order valence-corrected chi connectivity index (χ1v) is 12.1. The molecule has 0 bridgehead atoms. The van der Waals surface area contributed by atoms with Gasteiger partial charge in [0, 0.05) is 13.0 Å². The van der Waals surface area contributed by atoms with Crippen LogP contribution in [0.5, 0.6) is 5.75 Å². The predicted octanol–water partition coefficient (Wildman–Crippen LogP) is 3.94. The van der Waals surface area contributed by atoms with Crippen LogP contribution in [0, 0.1) is 5.82 Å². The van der Waals surface area contributed by atoms with Crippen molar-refractivity contribution >= 4 is 37.3 Å². The maximum absolute atomic E-state index is 13.0. The average molecular weight is 451 g/mol. The number of fused-ring (bicyclic) bond motifs is 1. The molecule has 0 saturated heterocycles. The summed E-state index contributed by atoms with van der Waals surface area (Å²) in [6.07, 6.45) is 0.588. The molecule has 0 aliphatic carbocycles. The third-order valence-electron chi connectivity index (χ3n) is 4.39. The number of nitrogens with zero attached hydrogens (tertiary/aromatic N) is 2. The number of aryl methyl sites for hydroxylation is 1. The highest BCUT2D eigenvalue weighted by Gasteiger charge is 2.17. The number of hydrogen-bond donors (Lipinski definition) is 0. The van der Waals surface area contributed by atoms with Crippen LogP contribution in [0.3, 0.4) is 0 Å². The fourth-order valence-corrected chi connectivity index (χ4v) is 5.35. The minimum Gasteiger partial charge on any atom is -0.492 e. The molecule has 0 spiro atoms. The molecule has 160 valence electrons. The van der Waals surface area contributed by atoms with E-state index in [2.05, 4.69) is 4.99 Å². The van der Waals surface area contributed by atoms with Gasteiger partial charge >= 0.3 is 0 Å². The molecule has 3 rings (SSSR count). The van der Waals surface area contributed by atoms with Gasteiger partial charge in [0.05, 0.1) is 22.0 Å². The van der Waals surface area contributed by atoms with Gasteiger partial charge in [0.15, 0.2) is 14.6 Å². The third-order valence-corrected chi connectivity index (χ3v) is 7.16. The number of benzene rings is 2. The Morgan fingerprint density at radius 3 is 2.57 bits per heavy atom. The first-order valence-electron chi connectivity index (χ1n) is 9.66. The summed E-state index contributed by atoms with van der Waals surface area (Å²) >= 11 is 1.37. The molecule has 0 fully saturated rings. The van der Waals surface area contributed by atoms with Gasteiger partial charge in [-0.15, -0.1) is 0 Å². The maximum atomic E-state index is 13.0.